The van der Waals surface area contributed by atoms with E-state index in [-0.39, 0.29) is 23.5 Å². The summed E-state index contributed by atoms with van der Waals surface area (Å²) in [5, 5.41) is 7.96. The molecule has 0 saturated carbocycles. The van der Waals surface area contributed by atoms with Gasteiger partial charge in [-0.05, 0) is 50.1 Å². The number of carbonyl (C=O) groups excluding carboxylic acids is 1. The number of nitrogens with zero attached hydrogens (tertiary/aromatic N) is 3. The lowest BCUT2D eigenvalue weighted by atomic mass is 10.1. The van der Waals surface area contributed by atoms with Crippen molar-refractivity contribution in [1.29, 1.82) is 0 Å². The molecule has 0 aliphatic heterocycles. The van der Waals surface area contributed by atoms with Gasteiger partial charge in [0.05, 0.1) is 16.3 Å². The molecule has 0 spiro atoms. The van der Waals surface area contributed by atoms with Crippen LogP contribution >= 0.6 is 0 Å². The molecular formula is C20H24N4O4S. The number of sulfone groups is 1. The second-order valence-electron chi connectivity index (χ2n) is 7.13. The van der Waals surface area contributed by atoms with Crippen LogP contribution in [0.25, 0.3) is 11.0 Å². The smallest absolute Gasteiger partial charge is 0.258 e. The van der Waals surface area contributed by atoms with E-state index in [1.807, 2.05) is 26.8 Å². The molecule has 3 aromatic rings. The fourth-order valence-electron chi connectivity index (χ4n) is 3.15. The van der Waals surface area contributed by atoms with Crippen molar-refractivity contribution >= 4 is 26.8 Å². The minimum absolute atomic E-state index is 0.189. The molecule has 154 valence electrons. The number of benzene rings is 1. The van der Waals surface area contributed by atoms with Crippen molar-refractivity contribution in [2.75, 3.05) is 12.9 Å². The Morgan fingerprint density at radius 2 is 1.90 bits per heavy atom. The Bertz CT molecular complexity index is 1170. The van der Waals surface area contributed by atoms with Crippen molar-refractivity contribution in [3.63, 3.8) is 0 Å². The second-order valence-corrected chi connectivity index (χ2v) is 9.14. The lowest BCUT2D eigenvalue weighted by Gasteiger charge is -2.15. The molecule has 1 unspecified atom stereocenters. The van der Waals surface area contributed by atoms with Gasteiger partial charge in [0.2, 0.25) is 5.88 Å². The Hall–Kier alpha value is -2.94. The van der Waals surface area contributed by atoms with Crippen LogP contribution in [0.1, 0.15) is 29.8 Å². The van der Waals surface area contributed by atoms with Crippen LogP contribution < -0.4 is 10.1 Å². The minimum Gasteiger partial charge on any atom is -0.466 e. The molecule has 0 saturated heterocycles. The van der Waals surface area contributed by atoms with Gasteiger partial charge in [-0.3, -0.25) is 4.79 Å². The van der Waals surface area contributed by atoms with E-state index in [1.165, 1.54) is 12.1 Å². The lowest BCUT2D eigenvalue weighted by molar-refractivity contribution is -0.123. The summed E-state index contributed by atoms with van der Waals surface area (Å²) in [5.41, 5.74) is 3.37. The van der Waals surface area contributed by atoms with Crippen LogP contribution in [0.15, 0.2) is 35.2 Å². The van der Waals surface area contributed by atoms with E-state index in [0.29, 0.717) is 11.5 Å². The van der Waals surface area contributed by atoms with Gasteiger partial charge in [-0.15, -0.1) is 5.10 Å². The Balaban J connectivity index is 1.67. The van der Waals surface area contributed by atoms with Crippen LogP contribution in [-0.4, -0.2) is 42.0 Å². The highest BCUT2D eigenvalue weighted by Crippen LogP contribution is 2.27. The third-order valence-corrected chi connectivity index (χ3v) is 5.74. The number of rotatable bonds is 6. The molecule has 1 N–H and O–H groups in total. The Labute approximate surface area is 169 Å². The van der Waals surface area contributed by atoms with Crippen molar-refractivity contribution in [3.05, 3.63) is 47.2 Å². The largest absolute Gasteiger partial charge is 0.466 e. The summed E-state index contributed by atoms with van der Waals surface area (Å²) >= 11 is 0. The number of fused-ring (bicyclic) bond motifs is 1. The number of hydrogen-bond donors (Lipinski definition) is 1. The van der Waals surface area contributed by atoms with Crippen LogP contribution in [0.3, 0.4) is 0 Å². The monoisotopic (exact) mass is 416 g/mol. The molecule has 29 heavy (non-hydrogen) atoms. The summed E-state index contributed by atoms with van der Waals surface area (Å²) in [6.07, 6.45) is 1.16. The zero-order valence-electron chi connectivity index (χ0n) is 17.1. The Morgan fingerprint density at radius 1 is 1.24 bits per heavy atom. The predicted octanol–water partition coefficient (Wildman–Crippen LogP) is 2.24. The lowest BCUT2D eigenvalue weighted by Crippen LogP contribution is -2.31. The normalized spacial score (nSPS) is 12.7. The number of pyridine rings is 1. The molecule has 1 aromatic carbocycles. The first kappa shape index (κ1) is 20.8. The third-order valence-electron chi connectivity index (χ3n) is 4.61. The van der Waals surface area contributed by atoms with E-state index < -0.39 is 9.84 Å². The number of nitrogens with one attached hydrogen (secondary N) is 1. The molecule has 2 heterocycles. The molecule has 0 radical (unpaired) electrons. The van der Waals surface area contributed by atoms with E-state index in [0.717, 1.165) is 28.5 Å². The van der Waals surface area contributed by atoms with Gasteiger partial charge in [0.15, 0.2) is 22.1 Å². The van der Waals surface area contributed by atoms with E-state index in [1.54, 1.807) is 23.9 Å². The van der Waals surface area contributed by atoms with E-state index >= 15 is 0 Å². The first-order valence-electron chi connectivity index (χ1n) is 9.09. The van der Waals surface area contributed by atoms with E-state index in [2.05, 4.69) is 15.4 Å². The summed E-state index contributed by atoms with van der Waals surface area (Å²) < 4.78 is 30.4. The van der Waals surface area contributed by atoms with Crippen molar-refractivity contribution in [3.8, 4) is 5.88 Å². The summed E-state index contributed by atoms with van der Waals surface area (Å²) in [7, 11) is -1.47. The molecule has 8 nitrogen and oxygen atoms in total. The van der Waals surface area contributed by atoms with Crippen molar-refractivity contribution in [2.24, 2.45) is 7.05 Å². The quantitative estimate of drug-likeness (QED) is 0.661. The topological polar surface area (TPSA) is 103 Å². The predicted molar refractivity (Wildman–Crippen MR) is 110 cm³/mol. The van der Waals surface area contributed by atoms with Gasteiger partial charge in [-0.1, -0.05) is 12.1 Å². The van der Waals surface area contributed by atoms with Gasteiger partial charge < -0.3 is 10.1 Å². The van der Waals surface area contributed by atoms with E-state index in [9.17, 15) is 13.2 Å². The van der Waals surface area contributed by atoms with Crippen molar-refractivity contribution in [1.82, 2.24) is 20.1 Å². The van der Waals surface area contributed by atoms with Crippen LogP contribution in [0.2, 0.25) is 0 Å². The van der Waals surface area contributed by atoms with Crippen LogP contribution in [0.5, 0.6) is 5.88 Å². The molecule has 3 rings (SSSR count). The molecule has 9 heteroatoms. The summed E-state index contributed by atoms with van der Waals surface area (Å²) in [6, 6.07) is 8.08. The Morgan fingerprint density at radius 3 is 2.52 bits per heavy atom. The standard InChI is InChI=1S/C20H24N4O4S/c1-12-10-13(2)21-19-18(12)20(23-24(19)4)28-11-17(25)22-14(3)15-6-8-16(9-7-15)29(5,26)27/h6-10,14H,11H2,1-5H3,(H,22,25). The summed E-state index contributed by atoms with van der Waals surface area (Å²) in [4.78, 5) is 17.0. The molecule has 2 aromatic heterocycles. The van der Waals surface area contributed by atoms with Crippen molar-refractivity contribution < 1.29 is 17.9 Å². The highest BCUT2D eigenvalue weighted by atomic mass is 32.2. The van der Waals surface area contributed by atoms with Crippen molar-refractivity contribution in [2.45, 2.75) is 31.7 Å². The molecule has 0 bridgehead atoms. The van der Waals surface area contributed by atoms with Gasteiger partial charge in [0, 0.05) is 19.0 Å². The maximum atomic E-state index is 12.3. The molecular weight excluding hydrogens is 392 g/mol. The molecule has 1 amide bonds. The summed E-state index contributed by atoms with van der Waals surface area (Å²) in [6.45, 7) is 5.50. The van der Waals surface area contributed by atoms with Gasteiger partial charge in [0.1, 0.15) is 0 Å². The number of aryl methyl sites for hydroxylation is 3. The molecule has 0 aliphatic rings. The fraction of sp³-hybridized carbons (Fsp3) is 0.350. The van der Waals surface area contributed by atoms with Gasteiger partial charge in [0.25, 0.3) is 5.91 Å². The number of hydrogen-bond acceptors (Lipinski definition) is 6. The zero-order chi connectivity index (χ0) is 21.3. The second kappa shape index (κ2) is 7.82. The average molecular weight is 417 g/mol. The zero-order valence-corrected chi connectivity index (χ0v) is 17.9. The molecule has 0 fully saturated rings. The SMILES string of the molecule is Cc1cc(C)c2c(OCC(=O)NC(C)c3ccc(S(C)(=O)=O)cc3)nn(C)c2n1. The molecule has 0 aliphatic carbocycles. The van der Waals surface area contributed by atoms with E-state index in [4.69, 9.17) is 4.74 Å². The highest BCUT2D eigenvalue weighted by molar-refractivity contribution is 7.90. The Kier molecular flexibility index (Phi) is 5.61. The number of carbonyl (C=O) groups is 1. The first-order valence-corrected chi connectivity index (χ1v) is 11.0. The number of amides is 1. The fourth-order valence-corrected chi connectivity index (χ4v) is 3.78. The van der Waals surface area contributed by atoms with Gasteiger partial charge >= 0.3 is 0 Å². The van der Waals surface area contributed by atoms with Crippen LogP contribution in [0.4, 0.5) is 0 Å². The van der Waals surface area contributed by atoms with Gasteiger partial charge in [-0.25, -0.2) is 18.1 Å². The summed E-state index contributed by atoms with van der Waals surface area (Å²) in [5.74, 6) is 0.0639. The van der Waals surface area contributed by atoms with Gasteiger partial charge in [-0.2, -0.15) is 0 Å². The maximum absolute atomic E-state index is 12.3. The third kappa shape index (κ3) is 4.56. The number of ether oxygens (including phenoxy) is 1. The van der Waals surface area contributed by atoms with Crippen LogP contribution in [0, 0.1) is 13.8 Å². The maximum Gasteiger partial charge on any atom is 0.258 e. The minimum atomic E-state index is -3.25. The first-order chi connectivity index (χ1) is 13.6. The van der Waals surface area contributed by atoms with Crippen LogP contribution in [-0.2, 0) is 21.7 Å². The average Bonchev–Trinajstić information content (AvgIpc) is 2.95. The highest BCUT2D eigenvalue weighted by Gasteiger charge is 2.17. The number of aromatic nitrogens is 3. The molecule has 1 atom stereocenters.